The van der Waals surface area contributed by atoms with Crippen molar-refractivity contribution >= 4 is 9.84 Å². The summed E-state index contributed by atoms with van der Waals surface area (Å²) in [6, 6.07) is 0. The molecule has 5 nitrogen and oxygen atoms in total. The zero-order valence-electron chi connectivity index (χ0n) is 9.05. The third kappa shape index (κ3) is 2.62. The van der Waals surface area contributed by atoms with Gasteiger partial charge in [0.1, 0.15) is 6.26 Å². The molecule has 1 aromatic heterocycles. The van der Waals surface area contributed by atoms with Crippen molar-refractivity contribution in [1.29, 1.82) is 0 Å². The fourth-order valence-electron chi connectivity index (χ4n) is 1.91. The maximum Gasteiger partial charge on any atom is 0.194 e. The Bertz CT molecular complexity index is 452. The Morgan fingerprint density at radius 1 is 1.56 bits per heavy atom. The van der Waals surface area contributed by atoms with Crippen molar-refractivity contribution < 1.29 is 12.8 Å². The van der Waals surface area contributed by atoms with Crippen molar-refractivity contribution in [2.45, 2.75) is 25.2 Å². The summed E-state index contributed by atoms with van der Waals surface area (Å²) in [6.45, 7) is 0.607. The van der Waals surface area contributed by atoms with Crippen LogP contribution in [0.25, 0.3) is 0 Å². The predicted octanol–water partition coefficient (Wildman–Crippen LogP) is 0.468. The van der Waals surface area contributed by atoms with Crippen LogP contribution in [0, 0.1) is 0 Å². The maximum atomic E-state index is 11.3. The van der Waals surface area contributed by atoms with Gasteiger partial charge in [0.25, 0.3) is 0 Å². The quantitative estimate of drug-likeness (QED) is 0.832. The van der Waals surface area contributed by atoms with Gasteiger partial charge in [0.2, 0.25) is 0 Å². The SMILES string of the molecule is NCCCc1nc(C2CCS(=O)(=O)C2)co1. The molecular formula is C10H16N2O3S. The Hall–Kier alpha value is -0.880. The molecule has 1 unspecified atom stereocenters. The Labute approximate surface area is 95.0 Å². The Kier molecular flexibility index (Phi) is 3.30. The van der Waals surface area contributed by atoms with E-state index < -0.39 is 9.84 Å². The van der Waals surface area contributed by atoms with Crippen molar-refractivity contribution in [2.75, 3.05) is 18.1 Å². The van der Waals surface area contributed by atoms with Crippen LogP contribution in [0.4, 0.5) is 0 Å². The minimum Gasteiger partial charge on any atom is -0.449 e. The van der Waals surface area contributed by atoms with Gasteiger partial charge in [-0.15, -0.1) is 0 Å². The molecule has 1 fully saturated rings. The monoisotopic (exact) mass is 244 g/mol. The molecule has 1 aliphatic heterocycles. The zero-order valence-corrected chi connectivity index (χ0v) is 9.87. The van der Waals surface area contributed by atoms with E-state index in [9.17, 15) is 8.42 Å². The van der Waals surface area contributed by atoms with Crippen molar-refractivity contribution in [3.8, 4) is 0 Å². The van der Waals surface area contributed by atoms with Gasteiger partial charge in [0.15, 0.2) is 15.7 Å². The minimum absolute atomic E-state index is 0.0142. The number of aromatic nitrogens is 1. The van der Waals surface area contributed by atoms with E-state index in [1.165, 1.54) is 0 Å². The standard InChI is InChI=1S/C10H16N2O3S/c11-4-1-2-10-12-9(6-15-10)8-3-5-16(13,14)7-8/h6,8H,1-5,7,11H2. The molecule has 2 rings (SSSR count). The van der Waals surface area contributed by atoms with Crippen LogP contribution in [-0.4, -0.2) is 31.5 Å². The number of hydrogen-bond donors (Lipinski definition) is 1. The highest BCUT2D eigenvalue weighted by atomic mass is 32.2. The van der Waals surface area contributed by atoms with Crippen LogP contribution in [0.1, 0.15) is 30.3 Å². The van der Waals surface area contributed by atoms with E-state index in [0.29, 0.717) is 18.9 Å². The van der Waals surface area contributed by atoms with Gasteiger partial charge in [-0.1, -0.05) is 0 Å². The summed E-state index contributed by atoms with van der Waals surface area (Å²) in [4.78, 5) is 4.31. The topological polar surface area (TPSA) is 86.2 Å². The fraction of sp³-hybridized carbons (Fsp3) is 0.700. The van der Waals surface area contributed by atoms with Crippen LogP contribution in [0.2, 0.25) is 0 Å². The lowest BCUT2D eigenvalue weighted by Crippen LogP contribution is -2.04. The highest BCUT2D eigenvalue weighted by Gasteiger charge is 2.30. The molecule has 1 aromatic rings. The molecule has 0 amide bonds. The summed E-state index contributed by atoms with van der Waals surface area (Å²) in [5, 5.41) is 0. The molecule has 2 heterocycles. The van der Waals surface area contributed by atoms with Crippen LogP contribution in [0.5, 0.6) is 0 Å². The molecule has 90 valence electrons. The lowest BCUT2D eigenvalue weighted by molar-refractivity contribution is 0.487. The average molecular weight is 244 g/mol. The number of oxazole rings is 1. The van der Waals surface area contributed by atoms with Crippen LogP contribution in [-0.2, 0) is 16.3 Å². The van der Waals surface area contributed by atoms with Gasteiger partial charge in [0, 0.05) is 12.3 Å². The average Bonchev–Trinajstić information content (AvgIpc) is 2.81. The van der Waals surface area contributed by atoms with Gasteiger partial charge in [-0.3, -0.25) is 0 Å². The van der Waals surface area contributed by atoms with E-state index in [1.807, 2.05) is 0 Å². The summed E-state index contributed by atoms with van der Waals surface area (Å²) in [5.41, 5.74) is 6.16. The van der Waals surface area contributed by atoms with E-state index >= 15 is 0 Å². The molecule has 0 radical (unpaired) electrons. The molecule has 0 aliphatic carbocycles. The number of aryl methyl sites for hydroxylation is 1. The number of sulfone groups is 1. The predicted molar refractivity (Wildman–Crippen MR) is 59.9 cm³/mol. The highest BCUT2D eigenvalue weighted by Crippen LogP contribution is 2.28. The Morgan fingerprint density at radius 2 is 2.38 bits per heavy atom. The summed E-state index contributed by atoms with van der Waals surface area (Å²) in [7, 11) is -2.85. The first-order valence-electron chi connectivity index (χ1n) is 5.45. The van der Waals surface area contributed by atoms with E-state index in [-0.39, 0.29) is 17.4 Å². The van der Waals surface area contributed by atoms with Crippen LogP contribution < -0.4 is 5.73 Å². The van der Waals surface area contributed by atoms with Crippen molar-refractivity contribution in [1.82, 2.24) is 4.98 Å². The van der Waals surface area contributed by atoms with Crippen LogP contribution in [0.3, 0.4) is 0 Å². The van der Waals surface area contributed by atoms with Gasteiger partial charge in [-0.2, -0.15) is 0 Å². The smallest absolute Gasteiger partial charge is 0.194 e. The number of rotatable bonds is 4. The first-order valence-corrected chi connectivity index (χ1v) is 7.27. The van der Waals surface area contributed by atoms with Gasteiger partial charge < -0.3 is 10.2 Å². The summed E-state index contributed by atoms with van der Waals surface area (Å²) in [5.74, 6) is 1.14. The molecule has 0 spiro atoms. The summed E-state index contributed by atoms with van der Waals surface area (Å²) >= 11 is 0. The van der Waals surface area contributed by atoms with E-state index in [4.69, 9.17) is 10.2 Å². The normalized spacial score (nSPS) is 23.7. The second-order valence-electron chi connectivity index (χ2n) is 4.16. The largest absolute Gasteiger partial charge is 0.449 e. The van der Waals surface area contributed by atoms with Crippen molar-refractivity contribution in [3.05, 3.63) is 17.8 Å². The van der Waals surface area contributed by atoms with E-state index in [1.54, 1.807) is 6.26 Å². The van der Waals surface area contributed by atoms with Gasteiger partial charge in [0.05, 0.1) is 17.2 Å². The van der Waals surface area contributed by atoms with Crippen molar-refractivity contribution in [3.63, 3.8) is 0 Å². The van der Waals surface area contributed by atoms with E-state index in [2.05, 4.69) is 4.98 Å². The molecule has 16 heavy (non-hydrogen) atoms. The lowest BCUT2D eigenvalue weighted by Gasteiger charge is -2.00. The van der Waals surface area contributed by atoms with Crippen LogP contribution >= 0.6 is 0 Å². The second kappa shape index (κ2) is 4.55. The first kappa shape index (κ1) is 11.6. The first-order chi connectivity index (χ1) is 7.61. The zero-order chi connectivity index (χ0) is 11.6. The summed E-state index contributed by atoms with van der Waals surface area (Å²) < 4.78 is 27.9. The molecule has 0 saturated carbocycles. The minimum atomic E-state index is -2.85. The molecule has 1 saturated heterocycles. The third-order valence-electron chi connectivity index (χ3n) is 2.81. The Balaban J connectivity index is 2.02. The molecule has 1 aliphatic rings. The molecule has 2 N–H and O–H groups in total. The molecule has 6 heteroatoms. The fourth-order valence-corrected chi connectivity index (χ4v) is 3.67. The van der Waals surface area contributed by atoms with Gasteiger partial charge in [-0.05, 0) is 19.4 Å². The number of nitrogens with two attached hydrogens (primary N) is 1. The third-order valence-corrected chi connectivity index (χ3v) is 4.58. The van der Waals surface area contributed by atoms with E-state index in [0.717, 1.165) is 18.5 Å². The Morgan fingerprint density at radius 3 is 3.00 bits per heavy atom. The lowest BCUT2D eigenvalue weighted by atomic mass is 10.1. The molecule has 1 atom stereocenters. The van der Waals surface area contributed by atoms with Crippen molar-refractivity contribution in [2.24, 2.45) is 5.73 Å². The van der Waals surface area contributed by atoms with Gasteiger partial charge >= 0.3 is 0 Å². The highest BCUT2D eigenvalue weighted by molar-refractivity contribution is 7.91. The summed E-state index contributed by atoms with van der Waals surface area (Å²) in [6.07, 6.45) is 3.79. The maximum absolute atomic E-state index is 11.3. The van der Waals surface area contributed by atoms with Gasteiger partial charge in [-0.25, -0.2) is 13.4 Å². The number of nitrogens with zero attached hydrogens (tertiary/aromatic N) is 1. The van der Waals surface area contributed by atoms with Crippen LogP contribution in [0.15, 0.2) is 10.7 Å². The second-order valence-corrected chi connectivity index (χ2v) is 6.39. The molecule has 0 aromatic carbocycles. The number of hydrogen-bond acceptors (Lipinski definition) is 5. The molecular weight excluding hydrogens is 228 g/mol. The molecule has 0 bridgehead atoms.